The molecule has 0 saturated carbocycles. The van der Waals surface area contributed by atoms with Gasteiger partial charge in [0.15, 0.2) is 8.32 Å². The Morgan fingerprint density at radius 2 is 1.00 bits per heavy atom. The van der Waals surface area contributed by atoms with Crippen LogP contribution in [0.2, 0.25) is 18.1 Å². The molecule has 27 heavy (non-hydrogen) atoms. The number of epoxide rings is 3. The van der Waals surface area contributed by atoms with E-state index in [1.807, 2.05) is 7.11 Å². The molecule has 0 radical (unpaired) electrons. The van der Waals surface area contributed by atoms with Gasteiger partial charge >= 0.3 is 0 Å². The molecule has 0 spiro atoms. The highest BCUT2D eigenvalue weighted by Gasteiger charge is 2.33. The summed E-state index contributed by atoms with van der Waals surface area (Å²) in [7, 11) is 0.104. The molecule has 0 aromatic carbocycles. The summed E-state index contributed by atoms with van der Waals surface area (Å²) >= 11 is 0. The van der Waals surface area contributed by atoms with Gasteiger partial charge in [-0.2, -0.15) is 0 Å². The van der Waals surface area contributed by atoms with E-state index >= 15 is 0 Å². The van der Waals surface area contributed by atoms with Crippen molar-refractivity contribution in [3.05, 3.63) is 0 Å². The molecule has 0 N–H and O–H groups in total. The van der Waals surface area contributed by atoms with Crippen molar-refractivity contribution in [1.82, 2.24) is 0 Å². The van der Waals surface area contributed by atoms with Gasteiger partial charge in [-0.05, 0) is 37.4 Å². The van der Waals surface area contributed by atoms with Crippen molar-refractivity contribution in [1.29, 1.82) is 0 Å². The third-order valence-corrected chi connectivity index (χ3v) is 9.97. The summed E-state index contributed by atoms with van der Waals surface area (Å²) in [4.78, 5) is 0. The van der Waals surface area contributed by atoms with Crippen molar-refractivity contribution in [3.8, 4) is 0 Å². The average Bonchev–Trinajstić information content (AvgIpc) is 3.53. The van der Waals surface area contributed by atoms with Crippen LogP contribution in [0.5, 0.6) is 0 Å². The van der Waals surface area contributed by atoms with E-state index in [0.29, 0.717) is 18.3 Å². The molecule has 0 aromatic rings. The summed E-state index contributed by atoms with van der Waals surface area (Å²) in [5.41, 5.74) is 0. The lowest BCUT2D eigenvalue weighted by molar-refractivity contribution is 0.112. The van der Waals surface area contributed by atoms with Crippen LogP contribution in [-0.2, 0) is 32.8 Å². The molecule has 3 fully saturated rings. The Balaban J connectivity index is 1.31. The van der Waals surface area contributed by atoms with E-state index in [1.165, 1.54) is 0 Å². The van der Waals surface area contributed by atoms with Gasteiger partial charge in [-0.3, -0.25) is 0 Å². The summed E-state index contributed by atoms with van der Waals surface area (Å²) in [6.07, 6.45) is 4.19. The molecule has 3 atom stereocenters. The summed E-state index contributed by atoms with van der Waals surface area (Å²) < 4.78 is 38.9. The van der Waals surface area contributed by atoms with Crippen molar-refractivity contribution < 1.29 is 32.8 Å². The topological polar surface area (TPSA) is 74.5 Å². The minimum Gasteiger partial charge on any atom is -0.420 e. The van der Waals surface area contributed by atoms with E-state index in [2.05, 4.69) is 0 Å². The van der Waals surface area contributed by atoms with Crippen LogP contribution in [0, 0.1) is 0 Å². The molecule has 0 aromatic heterocycles. The molecule has 3 unspecified atom stereocenters. The van der Waals surface area contributed by atoms with E-state index in [-0.39, 0.29) is 0 Å². The third-order valence-electron chi connectivity index (χ3n) is 5.31. The predicted octanol–water partition coefficient (Wildman–Crippen LogP) is 1.99. The van der Waals surface area contributed by atoms with Crippen molar-refractivity contribution in [2.24, 2.45) is 0 Å². The van der Waals surface area contributed by atoms with Gasteiger partial charge in [0.05, 0.1) is 39.6 Å². The molecule has 8 heteroatoms. The van der Waals surface area contributed by atoms with Gasteiger partial charge < -0.3 is 32.8 Å². The molecule has 158 valence electrons. The van der Waals surface area contributed by atoms with Crippen LogP contribution < -0.4 is 0 Å². The van der Waals surface area contributed by atoms with E-state index in [4.69, 9.17) is 32.8 Å². The van der Waals surface area contributed by atoms with Gasteiger partial charge in [0.25, 0.3) is 0 Å². The van der Waals surface area contributed by atoms with Crippen molar-refractivity contribution >= 4 is 8.32 Å². The SMILES string of the molecule is CO[Si](CCCOCC1CO1)(CCCOCC1CO1)CCCOCC1CO1. The van der Waals surface area contributed by atoms with Crippen molar-refractivity contribution in [3.63, 3.8) is 0 Å². The quantitative estimate of drug-likeness (QED) is 0.185. The monoisotopic (exact) mass is 404 g/mol. The number of ether oxygens (including phenoxy) is 6. The highest BCUT2D eigenvalue weighted by atomic mass is 28.4. The first kappa shape index (κ1) is 21.6. The minimum atomic E-state index is -1.79. The summed E-state index contributed by atoms with van der Waals surface area (Å²) in [5, 5.41) is 0. The third kappa shape index (κ3) is 9.80. The second kappa shape index (κ2) is 11.8. The Bertz CT molecular complexity index is 344. The van der Waals surface area contributed by atoms with E-state index in [1.54, 1.807) is 0 Å². The maximum Gasteiger partial charge on any atom is 0.192 e. The molecule has 3 saturated heterocycles. The van der Waals surface area contributed by atoms with Gasteiger partial charge in [0.2, 0.25) is 0 Å². The fourth-order valence-corrected chi connectivity index (χ4v) is 7.04. The number of rotatable bonds is 19. The standard InChI is InChI=1S/C19H36O7Si/c1-20-27(8-2-5-21-11-17-14-24-17,9-3-6-22-12-18-15-25-18)10-4-7-23-13-19-16-26-19/h17-19H,2-16H2,1H3. The molecule has 0 aliphatic carbocycles. The average molecular weight is 405 g/mol. The highest BCUT2D eigenvalue weighted by molar-refractivity contribution is 6.73. The normalized spacial score (nSPS) is 28.1. The van der Waals surface area contributed by atoms with E-state index < -0.39 is 8.32 Å². The van der Waals surface area contributed by atoms with Crippen LogP contribution in [-0.4, -0.2) is 93.2 Å². The van der Waals surface area contributed by atoms with Gasteiger partial charge in [-0.1, -0.05) is 0 Å². The molecule has 0 amide bonds. The van der Waals surface area contributed by atoms with Crippen LogP contribution in [0.1, 0.15) is 19.3 Å². The second-order valence-corrected chi connectivity index (χ2v) is 12.1. The van der Waals surface area contributed by atoms with Gasteiger partial charge in [-0.25, -0.2) is 0 Å². The summed E-state index contributed by atoms with van der Waals surface area (Å²) in [6, 6.07) is 3.39. The lowest BCUT2D eigenvalue weighted by atomic mass is 10.5. The van der Waals surface area contributed by atoms with E-state index in [9.17, 15) is 0 Å². The van der Waals surface area contributed by atoms with Crippen molar-refractivity contribution in [2.45, 2.75) is 55.7 Å². The Kier molecular flexibility index (Phi) is 9.48. The lowest BCUT2D eigenvalue weighted by Gasteiger charge is -2.30. The Labute approximate surface area is 164 Å². The highest BCUT2D eigenvalue weighted by Crippen LogP contribution is 2.27. The van der Waals surface area contributed by atoms with Crippen LogP contribution in [0.15, 0.2) is 0 Å². The summed E-state index contributed by atoms with van der Waals surface area (Å²) in [5.74, 6) is 0. The fraction of sp³-hybridized carbons (Fsp3) is 1.00. The summed E-state index contributed by atoms with van der Waals surface area (Å²) in [6.45, 7) is 7.15. The fourth-order valence-electron chi connectivity index (χ4n) is 3.31. The Morgan fingerprint density at radius 3 is 1.26 bits per heavy atom. The zero-order valence-corrected chi connectivity index (χ0v) is 17.7. The van der Waals surface area contributed by atoms with E-state index in [0.717, 1.165) is 96.9 Å². The molecule has 3 rings (SSSR count). The number of hydrogen-bond acceptors (Lipinski definition) is 7. The molecule has 3 aliphatic rings. The first-order chi connectivity index (χ1) is 13.3. The van der Waals surface area contributed by atoms with Gasteiger partial charge in [0, 0.05) is 26.9 Å². The maximum absolute atomic E-state index is 6.16. The Hall–Kier alpha value is -0.0631. The largest absolute Gasteiger partial charge is 0.420 e. The lowest BCUT2D eigenvalue weighted by Crippen LogP contribution is -2.38. The molecule has 7 nitrogen and oxygen atoms in total. The zero-order valence-electron chi connectivity index (χ0n) is 16.7. The Morgan fingerprint density at radius 1 is 0.667 bits per heavy atom. The molecular weight excluding hydrogens is 368 g/mol. The maximum atomic E-state index is 6.16. The predicted molar refractivity (Wildman–Crippen MR) is 103 cm³/mol. The number of hydrogen-bond donors (Lipinski definition) is 0. The molecular formula is C19H36O7Si. The molecule has 3 aliphatic heterocycles. The minimum absolute atomic E-state index is 0.342. The van der Waals surface area contributed by atoms with Gasteiger partial charge in [0.1, 0.15) is 18.3 Å². The first-order valence-corrected chi connectivity index (χ1v) is 13.0. The first-order valence-electron chi connectivity index (χ1n) is 10.4. The molecule has 3 heterocycles. The van der Waals surface area contributed by atoms with Crippen LogP contribution >= 0.6 is 0 Å². The zero-order chi connectivity index (χ0) is 18.8. The van der Waals surface area contributed by atoms with Crippen LogP contribution in [0.4, 0.5) is 0 Å². The van der Waals surface area contributed by atoms with Gasteiger partial charge in [-0.15, -0.1) is 0 Å². The second-order valence-electron chi connectivity index (χ2n) is 7.79. The molecule has 0 bridgehead atoms. The van der Waals surface area contributed by atoms with Crippen LogP contribution in [0.3, 0.4) is 0 Å². The van der Waals surface area contributed by atoms with Crippen LogP contribution in [0.25, 0.3) is 0 Å². The van der Waals surface area contributed by atoms with Crippen molar-refractivity contribution in [2.75, 3.05) is 66.6 Å². The smallest absolute Gasteiger partial charge is 0.192 e.